The van der Waals surface area contributed by atoms with Crippen LogP contribution >= 0.6 is 12.6 Å². The van der Waals surface area contributed by atoms with Crippen LogP contribution in [0.2, 0.25) is 0 Å². The van der Waals surface area contributed by atoms with Crippen LogP contribution in [0.5, 0.6) is 5.75 Å². The van der Waals surface area contributed by atoms with Crippen molar-refractivity contribution in [2.75, 3.05) is 27.0 Å². The molecule has 2 nitrogen and oxygen atoms in total. The Morgan fingerprint density at radius 1 is 1.29 bits per heavy atom. The number of hydrogen-bond donors (Lipinski definition) is 1. The van der Waals surface area contributed by atoms with Crippen molar-refractivity contribution in [2.24, 2.45) is 0 Å². The molecule has 0 fully saturated rings. The van der Waals surface area contributed by atoms with Crippen molar-refractivity contribution in [2.45, 2.75) is 25.8 Å². The van der Waals surface area contributed by atoms with Crippen molar-refractivity contribution in [3.8, 4) is 5.75 Å². The van der Waals surface area contributed by atoms with Crippen molar-refractivity contribution < 1.29 is 4.74 Å². The summed E-state index contributed by atoms with van der Waals surface area (Å²) in [5.74, 6) is 2.26. The average molecular weight is 253 g/mol. The number of nitrogens with zero attached hydrogens (tertiary/aromatic N) is 1. The Kier molecular flexibility index (Phi) is 5.34. The maximum atomic E-state index is 5.51. The lowest BCUT2D eigenvalue weighted by Crippen LogP contribution is -2.22. The summed E-state index contributed by atoms with van der Waals surface area (Å²) in [7, 11) is 5.86. The number of rotatable bonds is 5. The summed E-state index contributed by atoms with van der Waals surface area (Å²) in [6, 6.07) is 6.77. The molecule has 17 heavy (non-hydrogen) atoms. The fourth-order valence-corrected chi connectivity index (χ4v) is 2.43. The average Bonchev–Trinajstić information content (AvgIpc) is 2.29. The highest BCUT2D eigenvalue weighted by atomic mass is 32.1. The zero-order valence-electron chi connectivity index (χ0n) is 11.4. The molecule has 0 aromatic heterocycles. The molecule has 0 spiro atoms. The summed E-state index contributed by atoms with van der Waals surface area (Å²) < 4.78 is 5.51. The van der Waals surface area contributed by atoms with Gasteiger partial charge in [-0.1, -0.05) is 26.0 Å². The molecule has 0 radical (unpaired) electrons. The highest BCUT2D eigenvalue weighted by molar-refractivity contribution is 7.80. The maximum absolute atomic E-state index is 5.51. The van der Waals surface area contributed by atoms with E-state index in [1.165, 1.54) is 11.1 Å². The number of benzene rings is 1. The minimum absolute atomic E-state index is 0.287. The van der Waals surface area contributed by atoms with Gasteiger partial charge in [0.15, 0.2) is 0 Å². The van der Waals surface area contributed by atoms with E-state index in [0.29, 0.717) is 5.92 Å². The van der Waals surface area contributed by atoms with Crippen LogP contribution in [0, 0.1) is 0 Å². The third kappa shape index (κ3) is 3.39. The van der Waals surface area contributed by atoms with Crippen LogP contribution in [0.1, 0.15) is 36.9 Å². The molecular weight excluding hydrogens is 230 g/mol. The van der Waals surface area contributed by atoms with E-state index < -0.39 is 0 Å². The Morgan fingerprint density at radius 2 is 1.94 bits per heavy atom. The van der Waals surface area contributed by atoms with E-state index in [9.17, 15) is 0 Å². The molecule has 1 aromatic carbocycles. The van der Waals surface area contributed by atoms with Crippen LogP contribution in [0.4, 0.5) is 0 Å². The number of thiol groups is 1. The lowest BCUT2D eigenvalue weighted by Gasteiger charge is -2.25. The van der Waals surface area contributed by atoms with Crippen molar-refractivity contribution in [3.05, 3.63) is 29.3 Å². The molecule has 0 aliphatic rings. The summed E-state index contributed by atoms with van der Waals surface area (Å²) in [6.45, 7) is 4.38. The minimum Gasteiger partial charge on any atom is -0.496 e. The first kappa shape index (κ1) is 14.4. The Balaban J connectivity index is 3.15. The van der Waals surface area contributed by atoms with Gasteiger partial charge in [-0.2, -0.15) is 12.6 Å². The predicted octanol–water partition coefficient (Wildman–Crippen LogP) is 3.35. The van der Waals surface area contributed by atoms with Crippen molar-refractivity contribution in [1.82, 2.24) is 4.90 Å². The van der Waals surface area contributed by atoms with Gasteiger partial charge in [-0.25, -0.2) is 0 Å². The first-order valence-electron chi connectivity index (χ1n) is 5.96. The van der Waals surface area contributed by atoms with Crippen LogP contribution < -0.4 is 4.74 Å². The molecular formula is C14H23NOS. The number of hydrogen-bond acceptors (Lipinski definition) is 3. The van der Waals surface area contributed by atoms with Crippen molar-refractivity contribution in [1.29, 1.82) is 0 Å². The zero-order chi connectivity index (χ0) is 13.0. The lowest BCUT2D eigenvalue weighted by atomic mass is 9.98. The second-order valence-electron chi connectivity index (χ2n) is 4.82. The third-order valence-electron chi connectivity index (χ3n) is 3.08. The summed E-state index contributed by atoms with van der Waals surface area (Å²) >= 11 is 4.42. The highest BCUT2D eigenvalue weighted by Gasteiger charge is 2.17. The molecule has 0 aliphatic carbocycles. The molecule has 0 bridgehead atoms. The fourth-order valence-electron chi connectivity index (χ4n) is 1.90. The van der Waals surface area contributed by atoms with Crippen LogP contribution in [-0.2, 0) is 0 Å². The van der Waals surface area contributed by atoms with Gasteiger partial charge in [-0.15, -0.1) is 0 Å². The quantitative estimate of drug-likeness (QED) is 0.808. The predicted molar refractivity (Wildman–Crippen MR) is 77.4 cm³/mol. The van der Waals surface area contributed by atoms with E-state index in [2.05, 4.69) is 63.7 Å². The van der Waals surface area contributed by atoms with E-state index in [4.69, 9.17) is 4.74 Å². The molecule has 3 heteroatoms. The Morgan fingerprint density at radius 3 is 2.35 bits per heavy atom. The van der Waals surface area contributed by atoms with Crippen LogP contribution in [0.15, 0.2) is 18.2 Å². The maximum Gasteiger partial charge on any atom is 0.123 e. The summed E-state index contributed by atoms with van der Waals surface area (Å²) in [6.07, 6.45) is 0. The molecule has 0 amide bonds. The Bertz CT molecular complexity index is 363. The monoisotopic (exact) mass is 253 g/mol. The number of ether oxygens (including phenoxy) is 1. The van der Waals surface area contributed by atoms with Crippen LogP contribution in [0.25, 0.3) is 0 Å². The van der Waals surface area contributed by atoms with Gasteiger partial charge in [0.2, 0.25) is 0 Å². The topological polar surface area (TPSA) is 12.5 Å². The summed E-state index contributed by atoms with van der Waals surface area (Å²) in [5.41, 5.74) is 2.51. The van der Waals surface area contributed by atoms with E-state index >= 15 is 0 Å². The summed E-state index contributed by atoms with van der Waals surface area (Å²) in [5, 5.41) is 0. The first-order chi connectivity index (χ1) is 8.01. The van der Waals surface area contributed by atoms with Crippen molar-refractivity contribution in [3.63, 3.8) is 0 Å². The van der Waals surface area contributed by atoms with E-state index in [0.717, 1.165) is 11.5 Å². The lowest BCUT2D eigenvalue weighted by molar-refractivity contribution is 0.313. The minimum atomic E-state index is 0.287. The first-order valence-corrected chi connectivity index (χ1v) is 6.59. The fraction of sp³-hybridized carbons (Fsp3) is 0.571. The van der Waals surface area contributed by atoms with Gasteiger partial charge >= 0.3 is 0 Å². The second kappa shape index (κ2) is 6.31. The highest BCUT2D eigenvalue weighted by Crippen LogP contribution is 2.31. The van der Waals surface area contributed by atoms with Gasteiger partial charge in [0.25, 0.3) is 0 Å². The molecule has 1 aromatic rings. The Labute approximate surface area is 110 Å². The molecule has 1 atom stereocenters. The second-order valence-corrected chi connectivity index (χ2v) is 5.18. The van der Waals surface area contributed by atoms with E-state index in [1.807, 2.05) is 0 Å². The van der Waals surface area contributed by atoms with Crippen LogP contribution in [0.3, 0.4) is 0 Å². The third-order valence-corrected chi connectivity index (χ3v) is 3.43. The molecule has 0 saturated heterocycles. The van der Waals surface area contributed by atoms with Crippen LogP contribution in [-0.4, -0.2) is 31.9 Å². The zero-order valence-corrected chi connectivity index (χ0v) is 12.3. The van der Waals surface area contributed by atoms with Gasteiger partial charge in [-0.3, -0.25) is 0 Å². The smallest absolute Gasteiger partial charge is 0.123 e. The largest absolute Gasteiger partial charge is 0.496 e. The van der Waals surface area contributed by atoms with Gasteiger partial charge in [-0.05, 0) is 31.6 Å². The molecule has 1 unspecified atom stereocenters. The van der Waals surface area contributed by atoms with E-state index in [1.54, 1.807) is 7.11 Å². The van der Waals surface area contributed by atoms with Gasteiger partial charge in [0.1, 0.15) is 5.75 Å². The Hall–Kier alpha value is -0.670. The molecule has 96 valence electrons. The molecule has 1 rings (SSSR count). The number of methoxy groups -OCH3 is 1. The SMILES string of the molecule is COc1cc(C(C)C)ccc1C(CS)N(C)C. The molecule has 0 aliphatic heterocycles. The standard InChI is InChI=1S/C14H23NOS/c1-10(2)11-6-7-12(14(8-11)16-5)13(9-17)15(3)4/h6-8,10,13,17H,9H2,1-5H3. The molecule has 0 N–H and O–H groups in total. The molecule has 0 saturated carbocycles. The van der Waals surface area contributed by atoms with E-state index in [-0.39, 0.29) is 6.04 Å². The summed E-state index contributed by atoms with van der Waals surface area (Å²) in [4.78, 5) is 2.17. The normalized spacial score (nSPS) is 13.2. The van der Waals surface area contributed by atoms with Crippen molar-refractivity contribution >= 4 is 12.6 Å². The van der Waals surface area contributed by atoms with Gasteiger partial charge in [0.05, 0.1) is 7.11 Å². The molecule has 0 heterocycles. The van der Waals surface area contributed by atoms with Gasteiger partial charge in [0, 0.05) is 17.4 Å². The van der Waals surface area contributed by atoms with Gasteiger partial charge < -0.3 is 9.64 Å².